The number of hydrogen-bond donors (Lipinski definition) is 8. The van der Waals surface area contributed by atoms with E-state index < -0.39 is 79.2 Å². The van der Waals surface area contributed by atoms with Gasteiger partial charge in [-0.2, -0.15) is 0 Å². The van der Waals surface area contributed by atoms with E-state index in [0.717, 1.165) is 0 Å². The number of aliphatic carboxylic acids is 3. The van der Waals surface area contributed by atoms with Gasteiger partial charge in [-0.15, -0.1) is 0 Å². The lowest BCUT2D eigenvalue weighted by Gasteiger charge is -2.22. The normalized spacial score (nSPS) is 14.7. The Morgan fingerprint density at radius 1 is 0.750 bits per heavy atom. The first-order chi connectivity index (χ1) is 12.9. The van der Waals surface area contributed by atoms with E-state index in [1.807, 2.05) is 10.6 Å². The molecule has 4 unspecified atom stereocenters. The van der Waals surface area contributed by atoms with Gasteiger partial charge in [-0.1, -0.05) is 0 Å². The topological polar surface area (TPSA) is 245 Å². The summed E-state index contributed by atoms with van der Waals surface area (Å²) in [5, 5.41) is 41.4. The highest BCUT2D eigenvalue weighted by Crippen LogP contribution is 1.98. The molecule has 9 N–H and O–H groups in total. The molecule has 0 saturated carbocycles. The van der Waals surface area contributed by atoms with Gasteiger partial charge in [0, 0.05) is 0 Å². The Kier molecular flexibility index (Phi) is 10.1. The summed E-state index contributed by atoms with van der Waals surface area (Å²) in [5.41, 5.74) is 5.31. The first kappa shape index (κ1) is 24.7. The lowest BCUT2D eigenvalue weighted by Crippen LogP contribution is -2.58. The third kappa shape index (κ3) is 8.91. The maximum atomic E-state index is 12.2. The summed E-state index contributed by atoms with van der Waals surface area (Å²) < 4.78 is 0. The summed E-state index contributed by atoms with van der Waals surface area (Å²) in [6.07, 6.45) is -1.82. The van der Waals surface area contributed by atoms with E-state index in [4.69, 9.17) is 21.1 Å². The summed E-state index contributed by atoms with van der Waals surface area (Å²) in [5.74, 6) is -7.86. The Morgan fingerprint density at radius 3 is 1.54 bits per heavy atom. The summed E-state index contributed by atoms with van der Waals surface area (Å²) in [6, 6.07) is -6.25. The van der Waals surface area contributed by atoms with Crippen LogP contribution in [0, 0.1) is 0 Å². The van der Waals surface area contributed by atoms with Crippen molar-refractivity contribution in [3.63, 3.8) is 0 Å². The lowest BCUT2D eigenvalue weighted by molar-refractivity contribution is -0.147. The van der Waals surface area contributed by atoms with E-state index in [0.29, 0.717) is 0 Å². The van der Waals surface area contributed by atoms with E-state index in [9.17, 15) is 33.9 Å². The molecule has 0 aliphatic heterocycles. The molecule has 0 spiro atoms. The molecule has 14 nitrogen and oxygen atoms in total. The molecule has 0 aromatic heterocycles. The van der Waals surface area contributed by atoms with E-state index in [2.05, 4.69) is 5.32 Å². The largest absolute Gasteiger partial charge is 0.481 e. The van der Waals surface area contributed by atoms with Crippen molar-refractivity contribution in [1.82, 2.24) is 16.0 Å². The molecule has 0 fully saturated rings. The second-order valence-corrected chi connectivity index (χ2v) is 5.69. The standard InChI is InChI=1S/C14H22N4O10/c1-5(15)11(24)16-6(2-9(20)21)12(25)18-8(4-19)13(26)17-7(14(27)28)3-10(22)23/h5-8,19H,2-4,15H2,1H3,(H,16,24)(H,17,26)(H,18,25)(H,20,21)(H,22,23)(H,27,28). The molecule has 0 rings (SSSR count). The van der Waals surface area contributed by atoms with Crippen molar-refractivity contribution in [3.05, 3.63) is 0 Å². The van der Waals surface area contributed by atoms with Crippen molar-refractivity contribution in [2.75, 3.05) is 6.61 Å². The van der Waals surface area contributed by atoms with Crippen molar-refractivity contribution in [2.24, 2.45) is 5.73 Å². The van der Waals surface area contributed by atoms with Crippen molar-refractivity contribution < 1.29 is 49.2 Å². The van der Waals surface area contributed by atoms with Gasteiger partial charge in [-0.25, -0.2) is 4.79 Å². The van der Waals surface area contributed by atoms with Gasteiger partial charge in [0.25, 0.3) is 0 Å². The maximum Gasteiger partial charge on any atom is 0.326 e. The molecule has 158 valence electrons. The zero-order valence-corrected chi connectivity index (χ0v) is 14.7. The van der Waals surface area contributed by atoms with E-state index in [-0.39, 0.29) is 0 Å². The van der Waals surface area contributed by atoms with E-state index in [1.165, 1.54) is 6.92 Å². The Labute approximate surface area is 158 Å². The zero-order valence-electron chi connectivity index (χ0n) is 14.7. The molecular formula is C14H22N4O10. The predicted octanol–water partition coefficient (Wildman–Crippen LogP) is -4.19. The second-order valence-electron chi connectivity index (χ2n) is 5.69. The summed E-state index contributed by atoms with van der Waals surface area (Å²) in [6.45, 7) is 0.265. The van der Waals surface area contributed by atoms with Gasteiger partial charge in [0.1, 0.15) is 18.1 Å². The van der Waals surface area contributed by atoms with Crippen LogP contribution in [0.25, 0.3) is 0 Å². The fourth-order valence-corrected chi connectivity index (χ4v) is 1.80. The third-order valence-corrected chi connectivity index (χ3v) is 3.23. The van der Waals surface area contributed by atoms with Gasteiger partial charge in [0.2, 0.25) is 17.7 Å². The molecule has 0 saturated heterocycles. The number of carboxylic acids is 3. The number of aliphatic hydroxyl groups excluding tert-OH is 1. The van der Waals surface area contributed by atoms with Gasteiger partial charge in [0.15, 0.2) is 0 Å². The van der Waals surface area contributed by atoms with Crippen LogP contribution in [-0.2, 0) is 28.8 Å². The number of carbonyl (C=O) groups is 6. The van der Waals surface area contributed by atoms with Gasteiger partial charge in [-0.05, 0) is 6.92 Å². The fraction of sp³-hybridized carbons (Fsp3) is 0.571. The quantitative estimate of drug-likeness (QED) is 0.154. The molecule has 4 atom stereocenters. The number of aliphatic hydroxyl groups is 1. The summed E-state index contributed by atoms with van der Waals surface area (Å²) in [7, 11) is 0. The number of amides is 3. The molecule has 3 amide bonds. The number of hydrogen-bond acceptors (Lipinski definition) is 8. The van der Waals surface area contributed by atoms with Crippen LogP contribution in [0.2, 0.25) is 0 Å². The molecule has 0 radical (unpaired) electrons. The monoisotopic (exact) mass is 406 g/mol. The Balaban J connectivity index is 5.19. The smallest absolute Gasteiger partial charge is 0.326 e. The number of rotatable bonds is 12. The fourth-order valence-electron chi connectivity index (χ4n) is 1.80. The molecule has 0 aromatic carbocycles. The van der Waals surface area contributed by atoms with Crippen LogP contribution in [0.4, 0.5) is 0 Å². The molecule has 28 heavy (non-hydrogen) atoms. The Bertz CT molecular complexity index is 636. The molecule has 0 aliphatic rings. The predicted molar refractivity (Wildman–Crippen MR) is 88.7 cm³/mol. The maximum absolute atomic E-state index is 12.2. The van der Waals surface area contributed by atoms with E-state index >= 15 is 0 Å². The average Bonchev–Trinajstić information content (AvgIpc) is 2.56. The van der Waals surface area contributed by atoms with Crippen LogP contribution in [0.5, 0.6) is 0 Å². The Morgan fingerprint density at radius 2 is 1.14 bits per heavy atom. The third-order valence-electron chi connectivity index (χ3n) is 3.23. The average molecular weight is 406 g/mol. The first-order valence-electron chi connectivity index (χ1n) is 7.83. The molecule has 0 bridgehead atoms. The van der Waals surface area contributed by atoms with Gasteiger partial charge >= 0.3 is 17.9 Å². The van der Waals surface area contributed by atoms with Crippen molar-refractivity contribution >= 4 is 35.6 Å². The molecule has 14 heteroatoms. The molecular weight excluding hydrogens is 384 g/mol. The SMILES string of the molecule is CC(N)C(=O)NC(CC(=O)O)C(=O)NC(CO)C(=O)NC(CC(=O)O)C(=O)O. The lowest BCUT2D eigenvalue weighted by atomic mass is 10.1. The van der Waals surface area contributed by atoms with Crippen molar-refractivity contribution in [1.29, 1.82) is 0 Å². The first-order valence-corrected chi connectivity index (χ1v) is 7.83. The number of nitrogens with two attached hydrogens (primary N) is 1. The zero-order chi connectivity index (χ0) is 22.0. The van der Waals surface area contributed by atoms with Crippen LogP contribution in [0.15, 0.2) is 0 Å². The highest BCUT2D eigenvalue weighted by atomic mass is 16.4. The van der Waals surface area contributed by atoms with Crippen LogP contribution in [-0.4, -0.2) is 86.8 Å². The highest BCUT2D eigenvalue weighted by Gasteiger charge is 2.31. The van der Waals surface area contributed by atoms with Gasteiger partial charge in [-0.3, -0.25) is 24.0 Å². The highest BCUT2D eigenvalue weighted by molar-refractivity contribution is 5.96. The minimum atomic E-state index is -1.83. The molecule has 0 aliphatic carbocycles. The van der Waals surface area contributed by atoms with Gasteiger partial charge in [0.05, 0.1) is 25.5 Å². The Hall–Kier alpha value is -3.26. The second kappa shape index (κ2) is 11.5. The number of carbonyl (C=O) groups excluding carboxylic acids is 3. The van der Waals surface area contributed by atoms with E-state index in [1.54, 1.807) is 0 Å². The van der Waals surface area contributed by atoms with Crippen molar-refractivity contribution in [3.8, 4) is 0 Å². The van der Waals surface area contributed by atoms with Gasteiger partial charge < -0.3 is 42.1 Å². The molecule has 0 aromatic rings. The minimum Gasteiger partial charge on any atom is -0.481 e. The van der Waals surface area contributed by atoms with Crippen molar-refractivity contribution in [2.45, 2.75) is 43.9 Å². The summed E-state index contributed by atoms with van der Waals surface area (Å²) in [4.78, 5) is 68.2. The van der Waals surface area contributed by atoms with Crippen LogP contribution < -0.4 is 21.7 Å². The van der Waals surface area contributed by atoms with Crippen LogP contribution in [0.3, 0.4) is 0 Å². The number of carboxylic acid groups (broad SMARTS) is 3. The number of nitrogens with one attached hydrogen (secondary N) is 3. The molecule has 0 heterocycles. The summed E-state index contributed by atoms with van der Waals surface area (Å²) >= 11 is 0. The van der Waals surface area contributed by atoms with Crippen LogP contribution >= 0.6 is 0 Å². The van der Waals surface area contributed by atoms with Crippen LogP contribution in [0.1, 0.15) is 19.8 Å². The minimum absolute atomic E-state index is 0.848.